The molecule has 1 N–H and O–H groups in total. The molecule has 0 spiro atoms. The zero-order valence-electron chi connectivity index (χ0n) is 18.9. The molecule has 1 aromatic heterocycles. The van der Waals surface area contributed by atoms with E-state index < -0.39 is 5.82 Å². The number of hydrogen-bond acceptors (Lipinski definition) is 4. The minimum Gasteiger partial charge on any atom is -0.336 e. The maximum Gasteiger partial charge on any atom is 0.257 e. The molecule has 0 aliphatic carbocycles. The molecule has 1 aliphatic heterocycles. The number of benzene rings is 2. The van der Waals surface area contributed by atoms with Crippen LogP contribution in [0.5, 0.6) is 0 Å². The molecular formula is C25H28FN5O2. The van der Waals surface area contributed by atoms with Crippen molar-refractivity contribution in [2.75, 3.05) is 38.0 Å². The monoisotopic (exact) mass is 449 g/mol. The van der Waals surface area contributed by atoms with Crippen LogP contribution in [0.1, 0.15) is 28.5 Å². The van der Waals surface area contributed by atoms with E-state index in [1.807, 2.05) is 29.2 Å². The molecule has 4 rings (SSSR count). The molecule has 33 heavy (non-hydrogen) atoms. The first-order chi connectivity index (χ1) is 16.0. The van der Waals surface area contributed by atoms with Crippen LogP contribution < -0.4 is 5.32 Å². The van der Waals surface area contributed by atoms with Crippen LogP contribution in [-0.2, 0) is 11.2 Å². The van der Waals surface area contributed by atoms with Crippen LogP contribution in [0, 0.1) is 12.7 Å². The maximum atomic E-state index is 14.2. The predicted octanol–water partition coefficient (Wildman–Crippen LogP) is 3.28. The summed E-state index contributed by atoms with van der Waals surface area (Å²) in [6.07, 6.45) is 2.35. The van der Waals surface area contributed by atoms with Crippen LogP contribution in [0.25, 0.3) is 5.69 Å². The van der Waals surface area contributed by atoms with Crippen molar-refractivity contribution in [3.8, 4) is 5.69 Å². The van der Waals surface area contributed by atoms with Gasteiger partial charge in [0.2, 0.25) is 5.91 Å². The summed E-state index contributed by atoms with van der Waals surface area (Å²) in [4.78, 5) is 29.4. The molecule has 8 heteroatoms. The second-order valence-electron chi connectivity index (χ2n) is 8.13. The van der Waals surface area contributed by atoms with Gasteiger partial charge in [-0.15, -0.1) is 0 Å². The lowest BCUT2D eigenvalue weighted by Gasteiger charge is -2.34. The van der Waals surface area contributed by atoms with Crippen molar-refractivity contribution in [2.45, 2.75) is 20.3 Å². The van der Waals surface area contributed by atoms with Gasteiger partial charge in [0.1, 0.15) is 11.5 Å². The number of carbonyl (C=O) groups excluding carboxylic acids is 2. The number of anilines is 1. The van der Waals surface area contributed by atoms with Gasteiger partial charge in [0.05, 0.1) is 24.0 Å². The molecule has 7 nitrogen and oxygen atoms in total. The largest absolute Gasteiger partial charge is 0.336 e. The number of nitrogens with zero attached hydrogens (tertiary/aromatic N) is 4. The Labute approximate surface area is 192 Å². The Bertz CT molecular complexity index is 1150. The molecule has 2 heterocycles. The molecule has 172 valence electrons. The third-order valence-electron chi connectivity index (χ3n) is 6.02. The Morgan fingerprint density at radius 2 is 1.73 bits per heavy atom. The van der Waals surface area contributed by atoms with Gasteiger partial charge in [-0.1, -0.05) is 37.3 Å². The smallest absolute Gasteiger partial charge is 0.257 e. The molecule has 2 amide bonds. The number of aryl methyl sites for hydroxylation is 1. The molecule has 1 saturated heterocycles. The van der Waals surface area contributed by atoms with Gasteiger partial charge in [-0.2, -0.15) is 5.10 Å². The molecule has 0 bridgehead atoms. The summed E-state index contributed by atoms with van der Waals surface area (Å²) in [6.45, 7) is 6.35. The molecule has 0 atom stereocenters. The van der Waals surface area contributed by atoms with E-state index in [4.69, 9.17) is 0 Å². The van der Waals surface area contributed by atoms with Gasteiger partial charge in [-0.25, -0.2) is 9.07 Å². The fraction of sp³-hybridized carbons (Fsp3) is 0.320. The fourth-order valence-corrected chi connectivity index (χ4v) is 4.11. The first-order valence-corrected chi connectivity index (χ1v) is 11.2. The summed E-state index contributed by atoms with van der Waals surface area (Å²) in [6, 6.07) is 14.2. The highest BCUT2D eigenvalue weighted by atomic mass is 19.1. The molecular weight excluding hydrogens is 421 g/mol. The second-order valence-corrected chi connectivity index (χ2v) is 8.13. The van der Waals surface area contributed by atoms with E-state index in [0.29, 0.717) is 43.1 Å². The van der Waals surface area contributed by atoms with Gasteiger partial charge < -0.3 is 10.2 Å². The van der Waals surface area contributed by atoms with Crippen LogP contribution in [0.3, 0.4) is 0 Å². The van der Waals surface area contributed by atoms with Crippen LogP contribution in [0.15, 0.2) is 54.7 Å². The van der Waals surface area contributed by atoms with Gasteiger partial charge in [-0.3, -0.25) is 14.5 Å². The summed E-state index contributed by atoms with van der Waals surface area (Å²) in [5.41, 5.74) is 3.32. The maximum absolute atomic E-state index is 14.2. The zero-order chi connectivity index (χ0) is 23.4. The average Bonchev–Trinajstić information content (AvgIpc) is 3.20. The molecule has 2 aromatic carbocycles. The number of para-hydroxylation sites is 2. The summed E-state index contributed by atoms with van der Waals surface area (Å²) in [5.74, 6) is -0.579. The normalized spacial score (nSPS) is 14.3. The second kappa shape index (κ2) is 9.95. The van der Waals surface area contributed by atoms with E-state index in [0.717, 1.165) is 17.7 Å². The average molecular weight is 450 g/mol. The zero-order valence-corrected chi connectivity index (χ0v) is 18.9. The van der Waals surface area contributed by atoms with Crippen LogP contribution in [-0.4, -0.2) is 64.1 Å². The first-order valence-electron chi connectivity index (χ1n) is 11.2. The highest BCUT2D eigenvalue weighted by Crippen LogP contribution is 2.19. The minimum atomic E-state index is -0.392. The number of halogens is 1. The lowest BCUT2D eigenvalue weighted by atomic mass is 10.1. The minimum absolute atomic E-state index is 0.0577. The number of hydrogen-bond donors (Lipinski definition) is 1. The van der Waals surface area contributed by atoms with Gasteiger partial charge in [0.15, 0.2) is 0 Å². The summed E-state index contributed by atoms with van der Waals surface area (Å²) in [5, 5.41) is 7.23. The van der Waals surface area contributed by atoms with Crippen molar-refractivity contribution in [3.05, 3.63) is 77.4 Å². The topological polar surface area (TPSA) is 70.5 Å². The Morgan fingerprint density at radius 3 is 2.45 bits per heavy atom. The molecule has 1 aliphatic rings. The number of nitrogens with one attached hydrogen (secondary N) is 1. The highest BCUT2D eigenvalue weighted by Gasteiger charge is 2.26. The van der Waals surface area contributed by atoms with Gasteiger partial charge in [0, 0.05) is 31.9 Å². The molecule has 0 radical (unpaired) electrons. The van der Waals surface area contributed by atoms with E-state index in [1.54, 1.807) is 30.0 Å². The Kier molecular flexibility index (Phi) is 6.84. The summed E-state index contributed by atoms with van der Waals surface area (Å²) in [7, 11) is 0. The van der Waals surface area contributed by atoms with Crippen molar-refractivity contribution in [2.24, 2.45) is 0 Å². The highest BCUT2D eigenvalue weighted by molar-refractivity contribution is 5.95. The van der Waals surface area contributed by atoms with Crippen molar-refractivity contribution < 1.29 is 14.0 Å². The number of aromatic nitrogens is 2. The molecule has 0 saturated carbocycles. The van der Waals surface area contributed by atoms with Crippen molar-refractivity contribution in [3.63, 3.8) is 0 Å². The predicted molar refractivity (Wildman–Crippen MR) is 125 cm³/mol. The van der Waals surface area contributed by atoms with Crippen LogP contribution >= 0.6 is 0 Å². The van der Waals surface area contributed by atoms with E-state index in [2.05, 4.69) is 17.3 Å². The van der Waals surface area contributed by atoms with E-state index >= 15 is 0 Å². The van der Waals surface area contributed by atoms with Gasteiger partial charge in [-0.05, 0) is 37.1 Å². The summed E-state index contributed by atoms with van der Waals surface area (Å²) >= 11 is 0. The van der Waals surface area contributed by atoms with Crippen molar-refractivity contribution >= 4 is 17.5 Å². The summed E-state index contributed by atoms with van der Waals surface area (Å²) < 4.78 is 15.6. The lowest BCUT2D eigenvalue weighted by Crippen LogP contribution is -2.50. The van der Waals surface area contributed by atoms with Gasteiger partial charge in [0.25, 0.3) is 5.91 Å². The standard InChI is InChI=1S/C25H28FN5O2/c1-3-19-8-4-6-10-22(19)28-24(32)17-29-12-14-30(15-13-29)25(33)20-16-27-31(18(20)2)23-11-7-5-9-21(23)26/h4-11,16H,3,12-15,17H2,1-2H3,(H,28,32). The quantitative estimate of drug-likeness (QED) is 0.627. The van der Waals surface area contributed by atoms with E-state index in [-0.39, 0.29) is 18.4 Å². The molecule has 3 aromatic rings. The van der Waals surface area contributed by atoms with Crippen molar-refractivity contribution in [1.29, 1.82) is 0 Å². The number of piperazine rings is 1. The van der Waals surface area contributed by atoms with Crippen molar-refractivity contribution in [1.82, 2.24) is 19.6 Å². The van der Waals surface area contributed by atoms with Crippen LogP contribution in [0.2, 0.25) is 0 Å². The van der Waals surface area contributed by atoms with E-state index in [1.165, 1.54) is 16.9 Å². The number of carbonyl (C=O) groups is 2. The third kappa shape index (κ3) is 4.96. The van der Waals surface area contributed by atoms with Gasteiger partial charge >= 0.3 is 0 Å². The number of amides is 2. The first kappa shape index (κ1) is 22.7. The lowest BCUT2D eigenvalue weighted by molar-refractivity contribution is -0.117. The Morgan fingerprint density at radius 1 is 1.03 bits per heavy atom. The molecule has 1 fully saturated rings. The Hall–Kier alpha value is -3.52. The fourth-order valence-electron chi connectivity index (χ4n) is 4.11. The Balaban J connectivity index is 1.34. The SMILES string of the molecule is CCc1ccccc1NC(=O)CN1CCN(C(=O)c2cnn(-c3ccccc3F)c2C)CC1. The van der Waals surface area contributed by atoms with Crippen LogP contribution in [0.4, 0.5) is 10.1 Å². The number of rotatable bonds is 6. The molecule has 0 unspecified atom stereocenters. The van der Waals surface area contributed by atoms with E-state index in [9.17, 15) is 14.0 Å². The third-order valence-corrected chi connectivity index (χ3v) is 6.02.